The molecule has 2 N–H and O–H groups in total. The van der Waals surface area contributed by atoms with E-state index in [1.165, 1.54) is 13.0 Å². The van der Waals surface area contributed by atoms with Crippen LogP contribution < -0.4 is 5.32 Å². The van der Waals surface area contributed by atoms with Crippen molar-refractivity contribution in [3.05, 3.63) is 54.1 Å². The van der Waals surface area contributed by atoms with Gasteiger partial charge in [-0.05, 0) is 29.3 Å². The van der Waals surface area contributed by atoms with Gasteiger partial charge in [0, 0.05) is 6.08 Å². The summed E-state index contributed by atoms with van der Waals surface area (Å²) in [6.07, 6.45) is 3.04. The van der Waals surface area contributed by atoms with Gasteiger partial charge in [0.2, 0.25) is 5.91 Å². The Bertz CT molecular complexity index is 671. The first-order valence-corrected chi connectivity index (χ1v) is 6.27. The van der Waals surface area contributed by atoms with Crippen molar-refractivity contribution in [2.24, 2.45) is 0 Å². The molecule has 4 heteroatoms. The summed E-state index contributed by atoms with van der Waals surface area (Å²) in [5.74, 6) is -1.48. The van der Waals surface area contributed by atoms with Crippen LogP contribution in [0.2, 0.25) is 0 Å². The van der Waals surface area contributed by atoms with E-state index in [0.717, 1.165) is 16.3 Å². The Kier molecular flexibility index (Phi) is 4.15. The lowest BCUT2D eigenvalue weighted by Crippen LogP contribution is -2.37. The molecule has 0 unspecified atom stereocenters. The first kappa shape index (κ1) is 13.8. The van der Waals surface area contributed by atoms with Crippen LogP contribution in [0.15, 0.2) is 48.5 Å². The minimum atomic E-state index is -1.06. The van der Waals surface area contributed by atoms with E-state index in [1.807, 2.05) is 42.5 Å². The fraction of sp³-hybridized carbons (Fsp3) is 0.125. The van der Waals surface area contributed by atoms with Gasteiger partial charge in [0.15, 0.2) is 0 Å². The molecule has 0 radical (unpaired) electrons. The lowest BCUT2D eigenvalue weighted by Gasteiger charge is -2.06. The van der Waals surface area contributed by atoms with Crippen molar-refractivity contribution in [2.45, 2.75) is 13.0 Å². The lowest BCUT2D eigenvalue weighted by atomic mass is 10.0. The average molecular weight is 269 g/mol. The van der Waals surface area contributed by atoms with Crippen LogP contribution >= 0.6 is 0 Å². The molecular weight excluding hydrogens is 254 g/mol. The highest BCUT2D eigenvalue weighted by Gasteiger charge is 2.11. The number of carboxylic acid groups (broad SMARTS) is 1. The molecule has 102 valence electrons. The van der Waals surface area contributed by atoms with Crippen molar-refractivity contribution in [2.75, 3.05) is 0 Å². The van der Waals surface area contributed by atoms with Gasteiger partial charge >= 0.3 is 5.97 Å². The summed E-state index contributed by atoms with van der Waals surface area (Å²) < 4.78 is 0. The molecule has 2 rings (SSSR count). The van der Waals surface area contributed by atoms with Crippen molar-refractivity contribution >= 4 is 28.7 Å². The quantitative estimate of drug-likeness (QED) is 0.838. The second-order valence-corrected chi connectivity index (χ2v) is 4.47. The Morgan fingerprint density at radius 1 is 1.15 bits per heavy atom. The maximum Gasteiger partial charge on any atom is 0.325 e. The van der Waals surface area contributed by atoms with Gasteiger partial charge in [-0.2, -0.15) is 0 Å². The number of fused-ring (bicyclic) bond motifs is 1. The number of aliphatic carboxylic acids is 1. The topological polar surface area (TPSA) is 66.4 Å². The molecule has 4 nitrogen and oxygen atoms in total. The smallest absolute Gasteiger partial charge is 0.325 e. The summed E-state index contributed by atoms with van der Waals surface area (Å²) in [4.78, 5) is 22.3. The molecule has 0 aliphatic heterocycles. The molecule has 20 heavy (non-hydrogen) atoms. The Labute approximate surface area is 116 Å². The number of amides is 1. The lowest BCUT2D eigenvalue weighted by molar-refractivity contribution is -0.140. The van der Waals surface area contributed by atoms with E-state index < -0.39 is 17.9 Å². The van der Waals surface area contributed by atoms with Crippen molar-refractivity contribution in [3.63, 3.8) is 0 Å². The summed E-state index contributed by atoms with van der Waals surface area (Å²) in [6, 6.07) is 12.8. The summed E-state index contributed by atoms with van der Waals surface area (Å²) in [5.41, 5.74) is 0.918. The number of benzene rings is 2. The minimum absolute atomic E-state index is 0.423. The first-order chi connectivity index (χ1) is 9.58. The fourth-order valence-corrected chi connectivity index (χ4v) is 1.88. The molecule has 2 aromatic carbocycles. The maximum absolute atomic E-state index is 11.6. The van der Waals surface area contributed by atoms with Gasteiger partial charge in [-0.15, -0.1) is 0 Å². The molecule has 0 saturated carbocycles. The van der Waals surface area contributed by atoms with Gasteiger partial charge < -0.3 is 10.4 Å². The van der Waals surface area contributed by atoms with Crippen LogP contribution in [0.3, 0.4) is 0 Å². The highest BCUT2D eigenvalue weighted by Crippen LogP contribution is 2.19. The number of nitrogens with one attached hydrogen (secondary N) is 1. The van der Waals surface area contributed by atoms with E-state index in [2.05, 4.69) is 5.32 Å². The predicted octanol–water partition coefficient (Wildman–Crippen LogP) is 2.44. The number of hydrogen-bond donors (Lipinski definition) is 2. The third kappa shape index (κ3) is 3.23. The standard InChI is InChI=1S/C16H15NO3/c1-11(16(19)20)17-15(18)10-9-13-7-4-6-12-5-2-3-8-14(12)13/h2-11H,1H3,(H,17,18)(H,19,20)/b10-9+/t11-/m1/s1. The predicted molar refractivity (Wildman–Crippen MR) is 78.2 cm³/mol. The summed E-state index contributed by atoms with van der Waals surface area (Å²) in [7, 11) is 0. The van der Waals surface area contributed by atoms with Gasteiger partial charge in [-0.3, -0.25) is 9.59 Å². The zero-order valence-corrected chi connectivity index (χ0v) is 11.0. The molecule has 0 saturated heterocycles. The molecule has 0 bridgehead atoms. The zero-order valence-electron chi connectivity index (χ0n) is 11.0. The number of hydrogen-bond acceptors (Lipinski definition) is 2. The zero-order chi connectivity index (χ0) is 14.5. The minimum Gasteiger partial charge on any atom is -0.480 e. The van der Waals surface area contributed by atoms with Crippen LogP contribution in [-0.2, 0) is 9.59 Å². The SMILES string of the molecule is C[C@@H](NC(=O)/C=C/c1cccc2ccccc12)C(=O)O. The monoisotopic (exact) mass is 269 g/mol. The Hall–Kier alpha value is -2.62. The van der Waals surface area contributed by atoms with E-state index >= 15 is 0 Å². The van der Waals surface area contributed by atoms with Crippen LogP contribution in [0, 0.1) is 0 Å². The van der Waals surface area contributed by atoms with E-state index in [1.54, 1.807) is 6.08 Å². The van der Waals surface area contributed by atoms with E-state index in [9.17, 15) is 9.59 Å². The van der Waals surface area contributed by atoms with E-state index in [0.29, 0.717) is 0 Å². The fourth-order valence-electron chi connectivity index (χ4n) is 1.88. The number of carbonyl (C=O) groups is 2. The average Bonchev–Trinajstić information content (AvgIpc) is 2.44. The Morgan fingerprint density at radius 3 is 2.60 bits per heavy atom. The Balaban J connectivity index is 2.18. The van der Waals surface area contributed by atoms with Crippen molar-refractivity contribution in [1.29, 1.82) is 0 Å². The third-order valence-corrected chi connectivity index (χ3v) is 2.97. The van der Waals surface area contributed by atoms with Gasteiger partial charge in [-0.1, -0.05) is 42.5 Å². The van der Waals surface area contributed by atoms with Crippen molar-refractivity contribution in [1.82, 2.24) is 5.32 Å². The number of carboxylic acids is 1. The molecule has 0 spiro atoms. The van der Waals surface area contributed by atoms with Gasteiger partial charge in [0.05, 0.1) is 0 Å². The number of carbonyl (C=O) groups excluding carboxylic acids is 1. The van der Waals surface area contributed by atoms with E-state index in [-0.39, 0.29) is 0 Å². The largest absolute Gasteiger partial charge is 0.480 e. The highest BCUT2D eigenvalue weighted by molar-refractivity contribution is 5.97. The molecule has 0 aliphatic rings. The summed E-state index contributed by atoms with van der Waals surface area (Å²) in [6.45, 7) is 1.42. The van der Waals surface area contributed by atoms with Crippen molar-refractivity contribution in [3.8, 4) is 0 Å². The summed E-state index contributed by atoms with van der Waals surface area (Å²) in [5, 5.41) is 13.2. The summed E-state index contributed by atoms with van der Waals surface area (Å²) >= 11 is 0. The molecule has 2 aromatic rings. The van der Waals surface area contributed by atoms with Crippen LogP contribution in [-0.4, -0.2) is 23.0 Å². The normalized spacial score (nSPS) is 12.4. The molecule has 0 heterocycles. The number of rotatable bonds is 4. The third-order valence-electron chi connectivity index (χ3n) is 2.97. The first-order valence-electron chi connectivity index (χ1n) is 6.27. The van der Waals surface area contributed by atoms with Gasteiger partial charge in [0.1, 0.15) is 6.04 Å². The highest BCUT2D eigenvalue weighted by atomic mass is 16.4. The van der Waals surface area contributed by atoms with Crippen LogP contribution in [0.25, 0.3) is 16.8 Å². The second-order valence-electron chi connectivity index (χ2n) is 4.47. The Morgan fingerprint density at radius 2 is 1.85 bits per heavy atom. The van der Waals surface area contributed by atoms with Crippen LogP contribution in [0.4, 0.5) is 0 Å². The van der Waals surface area contributed by atoms with Crippen LogP contribution in [0.5, 0.6) is 0 Å². The van der Waals surface area contributed by atoms with Crippen molar-refractivity contribution < 1.29 is 14.7 Å². The molecular formula is C16H15NO3. The molecule has 0 fully saturated rings. The maximum atomic E-state index is 11.6. The molecule has 0 aromatic heterocycles. The molecule has 1 amide bonds. The molecule has 0 aliphatic carbocycles. The molecule has 1 atom stereocenters. The van der Waals surface area contributed by atoms with E-state index in [4.69, 9.17) is 5.11 Å². The van der Waals surface area contributed by atoms with Crippen LogP contribution in [0.1, 0.15) is 12.5 Å². The second kappa shape index (κ2) is 6.02. The van der Waals surface area contributed by atoms with Gasteiger partial charge in [0.25, 0.3) is 0 Å². The van der Waals surface area contributed by atoms with Gasteiger partial charge in [-0.25, -0.2) is 0 Å².